The molecule has 0 saturated heterocycles. The van der Waals surface area contributed by atoms with Gasteiger partial charge in [-0.2, -0.15) is 13.2 Å². The number of aromatic nitrogens is 1. The number of nitrogens with one attached hydrogen (secondary N) is 3. The molecule has 0 radical (unpaired) electrons. The Hall–Kier alpha value is -5.47. The van der Waals surface area contributed by atoms with Crippen molar-refractivity contribution in [3.05, 3.63) is 84.6 Å². The maximum absolute atomic E-state index is 13.5. The lowest BCUT2D eigenvalue weighted by Crippen LogP contribution is -2.48. The summed E-state index contributed by atoms with van der Waals surface area (Å²) >= 11 is 0. The second-order valence-corrected chi connectivity index (χ2v) is 10.7. The Labute approximate surface area is 275 Å². The first-order valence-electron chi connectivity index (χ1n) is 15.2. The van der Waals surface area contributed by atoms with Crippen LogP contribution in [0.1, 0.15) is 50.1 Å². The zero-order valence-corrected chi connectivity index (χ0v) is 26.0. The summed E-state index contributed by atoms with van der Waals surface area (Å²) in [6, 6.07) is 19.1. The fourth-order valence-corrected chi connectivity index (χ4v) is 4.57. The van der Waals surface area contributed by atoms with E-state index in [4.69, 9.17) is 11.5 Å². The fraction of sp³-hybridized carbons (Fsp3) is 0.333. The van der Waals surface area contributed by atoms with Crippen LogP contribution in [0.5, 0.6) is 0 Å². The molecule has 12 nitrogen and oxygen atoms in total. The van der Waals surface area contributed by atoms with Gasteiger partial charge in [0.1, 0.15) is 11.9 Å². The summed E-state index contributed by atoms with van der Waals surface area (Å²) in [6.07, 6.45) is -2.87. The monoisotopic (exact) mass is 669 g/mol. The second-order valence-electron chi connectivity index (χ2n) is 10.7. The topological polar surface area (TPSA) is 191 Å². The van der Waals surface area contributed by atoms with Gasteiger partial charge in [0.15, 0.2) is 5.96 Å². The van der Waals surface area contributed by atoms with Crippen LogP contribution in [0.3, 0.4) is 0 Å². The van der Waals surface area contributed by atoms with Crippen molar-refractivity contribution in [2.45, 2.75) is 56.8 Å². The normalized spacial score (nSPS) is 12.2. The molecule has 1 aromatic heterocycles. The van der Waals surface area contributed by atoms with E-state index in [-0.39, 0.29) is 25.3 Å². The van der Waals surface area contributed by atoms with E-state index >= 15 is 0 Å². The summed E-state index contributed by atoms with van der Waals surface area (Å²) in [5, 5.41) is 8.47. The summed E-state index contributed by atoms with van der Waals surface area (Å²) in [5.41, 5.74) is 12.8. The van der Waals surface area contributed by atoms with Crippen LogP contribution in [-0.2, 0) is 23.9 Å². The van der Waals surface area contributed by atoms with Gasteiger partial charge in [0, 0.05) is 25.7 Å². The molecular weight excluding hydrogens is 631 g/mol. The van der Waals surface area contributed by atoms with Gasteiger partial charge in [-0.05, 0) is 54.5 Å². The maximum atomic E-state index is 13.5. The zero-order chi connectivity index (χ0) is 34.9. The van der Waals surface area contributed by atoms with Crippen LogP contribution >= 0.6 is 0 Å². The van der Waals surface area contributed by atoms with E-state index < -0.39 is 48.4 Å². The lowest BCUT2D eigenvalue weighted by Gasteiger charge is -2.24. The number of alkyl halides is 3. The number of ether oxygens (including phenoxy) is 1. The summed E-state index contributed by atoms with van der Waals surface area (Å²) < 4.78 is 42.2. The molecule has 2 atom stereocenters. The highest BCUT2D eigenvalue weighted by atomic mass is 19.4. The van der Waals surface area contributed by atoms with Gasteiger partial charge in [0.2, 0.25) is 11.8 Å². The molecule has 0 bridgehead atoms. The SMILES string of the molecule is NC(N)=NCCC[C@@H](NC(=O)CCCCNc1ccccn1)C(=O)NC(CC(=O)OC(=O)C(F)(F)F)c1ccc(-c2ccccc2)cc1. The molecule has 1 heterocycles. The van der Waals surface area contributed by atoms with E-state index in [0.717, 1.165) is 11.1 Å². The van der Waals surface area contributed by atoms with E-state index in [1.807, 2.05) is 42.5 Å². The van der Waals surface area contributed by atoms with Gasteiger partial charge in [-0.3, -0.25) is 19.4 Å². The second kappa shape index (κ2) is 18.6. The Balaban J connectivity index is 1.72. The van der Waals surface area contributed by atoms with Gasteiger partial charge in [-0.25, -0.2) is 9.78 Å². The minimum Gasteiger partial charge on any atom is -0.386 e. The van der Waals surface area contributed by atoms with E-state index in [9.17, 15) is 32.3 Å². The predicted octanol–water partition coefficient (Wildman–Crippen LogP) is 3.75. The van der Waals surface area contributed by atoms with Crippen LogP contribution in [-0.4, -0.2) is 60.0 Å². The number of aliphatic imine (C=N–C) groups is 1. The third-order valence-electron chi connectivity index (χ3n) is 6.94. The number of halogens is 3. The highest BCUT2D eigenvalue weighted by Crippen LogP contribution is 2.25. The number of pyridine rings is 1. The van der Waals surface area contributed by atoms with E-state index in [2.05, 4.69) is 30.7 Å². The molecule has 7 N–H and O–H groups in total. The molecule has 3 rings (SSSR count). The van der Waals surface area contributed by atoms with Crippen molar-refractivity contribution in [3.63, 3.8) is 0 Å². The number of nitrogens with two attached hydrogens (primary N) is 2. The largest absolute Gasteiger partial charge is 0.491 e. The molecule has 1 unspecified atom stereocenters. The number of carbonyl (C=O) groups excluding carboxylic acids is 4. The number of esters is 2. The molecule has 0 spiro atoms. The highest BCUT2D eigenvalue weighted by molar-refractivity contribution is 5.90. The standard InChI is InChI=1S/C33H38F3N7O5/c34-33(35,36)31(47)48-29(45)21-26(24-16-14-23(15-17-24)22-9-2-1-3-10-22)43-30(46)25(11-8-20-41-32(37)38)42-28(44)13-5-7-19-40-27-12-4-6-18-39-27/h1-4,6,9-10,12,14-18,25-26H,5,7-8,11,13,19-21H2,(H,39,40)(H,42,44)(H,43,46)(H4,37,38,41)/t25-,26?/m1/s1. The van der Waals surface area contributed by atoms with Crippen molar-refractivity contribution in [2.75, 3.05) is 18.4 Å². The average Bonchev–Trinajstić information content (AvgIpc) is 3.06. The summed E-state index contributed by atoms with van der Waals surface area (Å²) in [7, 11) is 0. The van der Waals surface area contributed by atoms with Crippen molar-refractivity contribution in [3.8, 4) is 11.1 Å². The molecular formula is C33H38F3N7O5. The van der Waals surface area contributed by atoms with E-state index in [0.29, 0.717) is 37.2 Å². The van der Waals surface area contributed by atoms with Crippen LogP contribution in [0.4, 0.5) is 19.0 Å². The third kappa shape index (κ3) is 13.1. The van der Waals surface area contributed by atoms with Gasteiger partial charge in [-0.15, -0.1) is 0 Å². The number of hydrogen-bond acceptors (Lipinski definition) is 8. The first-order chi connectivity index (χ1) is 22.9. The number of carbonyl (C=O) groups is 4. The Morgan fingerprint density at radius 2 is 1.54 bits per heavy atom. The van der Waals surface area contributed by atoms with Crippen molar-refractivity contribution in [1.29, 1.82) is 0 Å². The number of rotatable bonds is 17. The lowest BCUT2D eigenvalue weighted by molar-refractivity contribution is -0.202. The van der Waals surface area contributed by atoms with Crippen LogP contribution in [0.15, 0.2) is 84.0 Å². The predicted molar refractivity (Wildman–Crippen MR) is 173 cm³/mol. The van der Waals surface area contributed by atoms with Crippen molar-refractivity contribution in [2.24, 2.45) is 16.5 Å². The zero-order valence-electron chi connectivity index (χ0n) is 26.0. The van der Waals surface area contributed by atoms with Crippen LogP contribution in [0.2, 0.25) is 0 Å². The van der Waals surface area contributed by atoms with Gasteiger partial charge < -0.3 is 32.2 Å². The van der Waals surface area contributed by atoms with Crippen molar-refractivity contribution < 1.29 is 37.1 Å². The molecule has 3 aromatic rings. The fourth-order valence-electron chi connectivity index (χ4n) is 4.57. The Kier molecular flexibility index (Phi) is 14.3. The minimum atomic E-state index is -5.38. The first-order valence-corrected chi connectivity index (χ1v) is 15.2. The first kappa shape index (κ1) is 37.0. The summed E-state index contributed by atoms with van der Waals surface area (Å²) in [6.45, 7) is 0.738. The molecule has 256 valence electrons. The minimum absolute atomic E-state index is 0.103. The van der Waals surface area contributed by atoms with Crippen LogP contribution in [0.25, 0.3) is 11.1 Å². The number of hydrogen-bond donors (Lipinski definition) is 5. The van der Waals surface area contributed by atoms with Gasteiger partial charge in [0.05, 0.1) is 12.5 Å². The van der Waals surface area contributed by atoms with Gasteiger partial charge in [0.25, 0.3) is 0 Å². The van der Waals surface area contributed by atoms with Crippen LogP contribution < -0.4 is 27.4 Å². The lowest BCUT2D eigenvalue weighted by atomic mass is 9.98. The smallest absolute Gasteiger partial charge is 0.386 e. The summed E-state index contributed by atoms with van der Waals surface area (Å²) in [5.74, 6) is -4.73. The van der Waals surface area contributed by atoms with Gasteiger partial charge >= 0.3 is 18.1 Å². The van der Waals surface area contributed by atoms with Crippen molar-refractivity contribution >= 4 is 35.5 Å². The van der Waals surface area contributed by atoms with Gasteiger partial charge in [-0.1, -0.05) is 60.7 Å². The molecule has 0 aliphatic rings. The third-order valence-corrected chi connectivity index (χ3v) is 6.94. The van der Waals surface area contributed by atoms with Crippen LogP contribution in [0, 0.1) is 0 Å². The number of guanidine groups is 1. The molecule has 2 aromatic carbocycles. The maximum Gasteiger partial charge on any atom is 0.491 e. The Morgan fingerprint density at radius 1 is 0.854 bits per heavy atom. The average molecular weight is 670 g/mol. The molecule has 15 heteroatoms. The number of benzene rings is 2. The van der Waals surface area contributed by atoms with E-state index in [1.54, 1.807) is 36.5 Å². The molecule has 0 aliphatic heterocycles. The number of unbranched alkanes of at least 4 members (excludes halogenated alkanes) is 1. The quantitative estimate of drug-likeness (QED) is 0.0468. The molecule has 0 fully saturated rings. The molecule has 48 heavy (non-hydrogen) atoms. The number of amides is 2. The Bertz CT molecular complexity index is 1520. The molecule has 2 amide bonds. The van der Waals surface area contributed by atoms with Crippen molar-refractivity contribution in [1.82, 2.24) is 15.6 Å². The number of anilines is 1. The highest BCUT2D eigenvalue weighted by Gasteiger charge is 2.42. The number of nitrogens with zero attached hydrogens (tertiary/aromatic N) is 2. The molecule has 0 saturated carbocycles. The van der Waals surface area contributed by atoms with E-state index in [1.165, 1.54) is 0 Å². The Morgan fingerprint density at radius 3 is 2.19 bits per heavy atom. The summed E-state index contributed by atoms with van der Waals surface area (Å²) in [4.78, 5) is 58.2. The molecule has 0 aliphatic carbocycles.